The van der Waals surface area contributed by atoms with Crippen LogP contribution in [-0.2, 0) is 4.74 Å². The van der Waals surface area contributed by atoms with Crippen molar-refractivity contribution in [2.24, 2.45) is 10.7 Å². The summed E-state index contributed by atoms with van der Waals surface area (Å²) in [5, 5.41) is 0. The maximum atomic E-state index is 5.87. The first kappa shape index (κ1) is 15.9. The van der Waals surface area contributed by atoms with E-state index >= 15 is 0 Å². The summed E-state index contributed by atoms with van der Waals surface area (Å²) in [4.78, 5) is 12.9. The van der Waals surface area contributed by atoms with Crippen LogP contribution < -0.4 is 16.2 Å². The van der Waals surface area contributed by atoms with Gasteiger partial charge in [-0.05, 0) is 25.1 Å². The molecule has 1 fully saturated rings. The third kappa shape index (κ3) is 3.69. The monoisotopic (exact) mass is 325 g/mol. The van der Waals surface area contributed by atoms with Gasteiger partial charge < -0.3 is 20.9 Å². The fourth-order valence-electron chi connectivity index (χ4n) is 2.12. The molecule has 0 bridgehead atoms. The van der Waals surface area contributed by atoms with Crippen LogP contribution in [0.5, 0.6) is 11.5 Å². The minimum atomic E-state index is 0.197. The summed E-state index contributed by atoms with van der Waals surface area (Å²) in [5.74, 6) is 1.73. The number of rotatable bonds is 5. The van der Waals surface area contributed by atoms with Gasteiger partial charge in [0.2, 0.25) is 0 Å². The maximum Gasteiger partial charge on any atom is 0.148 e. The summed E-state index contributed by atoms with van der Waals surface area (Å²) in [6.45, 7) is 3.13. The predicted molar refractivity (Wildman–Crippen MR) is 93.0 cm³/mol. The maximum absolute atomic E-state index is 5.87. The van der Waals surface area contributed by atoms with E-state index in [4.69, 9.17) is 20.9 Å². The summed E-state index contributed by atoms with van der Waals surface area (Å²) >= 11 is 0. The van der Waals surface area contributed by atoms with Gasteiger partial charge >= 0.3 is 0 Å². The van der Waals surface area contributed by atoms with E-state index in [1.807, 2.05) is 6.92 Å². The Morgan fingerprint density at radius 3 is 2.88 bits per heavy atom. The molecular formula is C17H19N5O2. The van der Waals surface area contributed by atoms with Gasteiger partial charge in [-0.3, -0.25) is 9.98 Å². The van der Waals surface area contributed by atoms with Crippen LogP contribution in [0.15, 0.2) is 41.7 Å². The molecule has 7 heteroatoms. The number of hydrogen-bond acceptors (Lipinski definition) is 7. The van der Waals surface area contributed by atoms with E-state index in [9.17, 15) is 0 Å². The van der Waals surface area contributed by atoms with Gasteiger partial charge in [-0.1, -0.05) is 0 Å². The Morgan fingerprint density at radius 1 is 1.38 bits per heavy atom. The molecule has 1 aliphatic rings. The SMILES string of the molecule is Cc1nc(N)ccc1Oc1ccnc(C(C=NC2COC2)=CN)c1. The molecule has 2 aromatic rings. The van der Waals surface area contributed by atoms with Crippen LogP contribution in [0.25, 0.3) is 5.57 Å². The van der Waals surface area contributed by atoms with Crippen LogP contribution in [-0.4, -0.2) is 35.4 Å². The molecule has 1 aliphatic heterocycles. The van der Waals surface area contributed by atoms with E-state index in [1.165, 1.54) is 6.20 Å². The normalized spacial score (nSPS) is 15.5. The third-order valence-corrected chi connectivity index (χ3v) is 3.54. The Labute approximate surface area is 140 Å². The highest BCUT2D eigenvalue weighted by Gasteiger charge is 2.16. The molecule has 2 aromatic heterocycles. The molecule has 0 radical (unpaired) electrons. The van der Waals surface area contributed by atoms with E-state index in [2.05, 4.69) is 15.0 Å². The van der Waals surface area contributed by atoms with Crippen molar-refractivity contribution in [3.63, 3.8) is 0 Å². The number of anilines is 1. The Kier molecular flexibility index (Phi) is 4.72. The van der Waals surface area contributed by atoms with Crippen molar-refractivity contribution >= 4 is 17.6 Å². The van der Waals surface area contributed by atoms with E-state index < -0.39 is 0 Å². The van der Waals surface area contributed by atoms with Gasteiger partial charge in [0.25, 0.3) is 0 Å². The van der Waals surface area contributed by atoms with Crippen molar-refractivity contribution in [2.45, 2.75) is 13.0 Å². The lowest BCUT2D eigenvalue weighted by Crippen LogP contribution is -2.31. The van der Waals surface area contributed by atoms with Crippen LogP contribution in [0.1, 0.15) is 11.4 Å². The summed E-state index contributed by atoms with van der Waals surface area (Å²) in [6, 6.07) is 7.25. The van der Waals surface area contributed by atoms with Crippen molar-refractivity contribution in [3.05, 3.63) is 48.1 Å². The molecule has 4 N–H and O–H groups in total. The number of nitrogens with two attached hydrogens (primary N) is 2. The molecule has 0 spiro atoms. The first-order valence-corrected chi connectivity index (χ1v) is 7.56. The lowest BCUT2D eigenvalue weighted by molar-refractivity contribution is 0.0136. The standard InChI is InChI=1S/C17H19N5O2/c1-11-16(2-3-17(19)22-11)24-14-4-5-20-15(6-14)12(7-18)8-21-13-9-23-10-13/h2-8,13H,9-10,18H2,1H3,(H2,19,22). The fourth-order valence-corrected chi connectivity index (χ4v) is 2.12. The number of nitrogens with zero attached hydrogens (tertiary/aromatic N) is 3. The number of nitrogen functional groups attached to an aromatic ring is 1. The van der Waals surface area contributed by atoms with E-state index in [-0.39, 0.29) is 6.04 Å². The van der Waals surface area contributed by atoms with E-state index in [0.29, 0.717) is 36.2 Å². The number of aryl methyl sites for hydroxylation is 1. The second-order valence-electron chi connectivity index (χ2n) is 5.39. The highest BCUT2D eigenvalue weighted by molar-refractivity contribution is 6.09. The largest absolute Gasteiger partial charge is 0.455 e. The lowest BCUT2D eigenvalue weighted by Gasteiger charge is -2.21. The molecular weight excluding hydrogens is 306 g/mol. The zero-order chi connectivity index (χ0) is 16.9. The summed E-state index contributed by atoms with van der Waals surface area (Å²) in [5.41, 5.74) is 13.5. The molecule has 124 valence electrons. The van der Waals surface area contributed by atoms with Gasteiger partial charge in [-0.25, -0.2) is 4.98 Å². The Morgan fingerprint density at radius 2 is 2.21 bits per heavy atom. The lowest BCUT2D eigenvalue weighted by atomic mass is 10.2. The molecule has 7 nitrogen and oxygen atoms in total. The first-order valence-electron chi connectivity index (χ1n) is 7.56. The highest BCUT2D eigenvalue weighted by Crippen LogP contribution is 2.26. The van der Waals surface area contributed by atoms with Crippen molar-refractivity contribution in [1.29, 1.82) is 0 Å². The van der Waals surface area contributed by atoms with Gasteiger partial charge in [0.05, 0.1) is 30.6 Å². The third-order valence-electron chi connectivity index (χ3n) is 3.54. The molecule has 0 saturated carbocycles. The second-order valence-corrected chi connectivity index (χ2v) is 5.39. The average Bonchev–Trinajstić information content (AvgIpc) is 2.53. The Hall–Kier alpha value is -2.93. The smallest absolute Gasteiger partial charge is 0.148 e. The number of allylic oxidation sites excluding steroid dienone is 1. The summed E-state index contributed by atoms with van der Waals surface area (Å²) in [7, 11) is 0. The Bertz CT molecular complexity index is 784. The van der Waals surface area contributed by atoms with Gasteiger partial charge in [0, 0.05) is 30.3 Å². The quantitative estimate of drug-likeness (QED) is 0.813. The molecule has 0 aromatic carbocycles. The second kappa shape index (κ2) is 7.10. The number of pyridine rings is 2. The highest BCUT2D eigenvalue weighted by atomic mass is 16.5. The first-order chi connectivity index (χ1) is 11.7. The predicted octanol–water partition coefficient (Wildman–Crippen LogP) is 1.93. The van der Waals surface area contributed by atoms with E-state index in [0.717, 1.165) is 11.3 Å². The number of aliphatic imine (C=N–C) groups is 1. The summed E-state index contributed by atoms with van der Waals surface area (Å²) < 4.78 is 11.0. The molecule has 0 aliphatic carbocycles. The molecule has 1 saturated heterocycles. The number of aromatic nitrogens is 2. The zero-order valence-electron chi connectivity index (χ0n) is 13.3. The van der Waals surface area contributed by atoms with Crippen molar-refractivity contribution in [1.82, 2.24) is 9.97 Å². The van der Waals surface area contributed by atoms with Crippen LogP contribution >= 0.6 is 0 Å². The van der Waals surface area contributed by atoms with Crippen LogP contribution in [0.3, 0.4) is 0 Å². The molecule has 24 heavy (non-hydrogen) atoms. The molecule has 0 amide bonds. The number of ether oxygens (including phenoxy) is 2. The van der Waals surface area contributed by atoms with Crippen LogP contribution in [0.4, 0.5) is 5.82 Å². The van der Waals surface area contributed by atoms with Crippen LogP contribution in [0, 0.1) is 6.92 Å². The van der Waals surface area contributed by atoms with Crippen molar-refractivity contribution in [2.75, 3.05) is 18.9 Å². The van der Waals surface area contributed by atoms with Gasteiger partial charge in [0.15, 0.2) is 0 Å². The van der Waals surface area contributed by atoms with Gasteiger partial charge in [-0.15, -0.1) is 0 Å². The average molecular weight is 325 g/mol. The van der Waals surface area contributed by atoms with E-state index in [1.54, 1.807) is 36.7 Å². The topological polar surface area (TPSA) is 109 Å². The minimum Gasteiger partial charge on any atom is -0.455 e. The number of hydrogen-bond donors (Lipinski definition) is 2. The fraction of sp³-hybridized carbons (Fsp3) is 0.235. The van der Waals surface area contributed by atoms with Gasteiger partial charge in [-0.2, -0.15) is 0 Å². The Balaban J connectivity index is 1.78. The summed E-state index contributed by atoms with van der Waals surface area (Å²) in [6.07, 6.45) is 4.86. The molecule has 3 heterocycles. The van der Waals surface area contributed by atoms with Crippen molar-refractivity contribution in [3.8, 4) is 11.5 Å². The molecule has 0 unspecified atom stereocenters. The van der Waals surface area contributed by atoms with Gasteiger partial charge in [0.1, 0.15) is 17.3 Å². The minimum absolute atomic E-state index is 0.197. The van der Waals surface area contributed by atoms with Crippen molar-refractivity contribution < 1.29 is 9.47 Å². The van der Waals surface area contributed by atoms with Crippen LogP contribution in [0.2, 0.25) is 0 Å². The molecule has 0 atom stereocenters. The zero-order valence-corrected chi connectivity index (χ0v) is 13.3. The molecule has 3 rings (SSSR count).